The second-order valence-corrected chi connectivity index (χ2v) is 3.84. The Morgan fingerprint density at radius 3 is 2.76 bits per heavy atom. The van der Waals surface area contributed by atoms with Gasteiger partial charge in [0.1, 0.15) is 5.69 Å². The zero-order chi connectivity index (χ0) is 12.8. The molecule has 2 N–H and O–H groups in total. The van der Waals surface area contributed by atoms with Crippen molar-refractivity contribution in [1.82, 2.24) is 9.55 Å². The first-order valence-corrected chi connectivity index (χ1v) is 5.33. The van der Waals surface area contributed by atoms with Crippen molar-refractivity contribution >= 4 is 5.91 Å². The summed E-state index contributed by atoms with van der Waals surface area (Å²) in [5, 5.41) is 0. The van der Waals surface area contributed by atoms with Crippen LogP contribution in [0.2, 0.25) is 0 Å². The monoisotopic (exact) mass is 231 g/mol. The van der Waals surface area contributed by atoms with Gasteiger partial charge in [0.15, 0.2) is 0 Å². The summed E-state index contributed by atoms with van der Waals surface area (Å²) in [7, 11) is 0. The first-order chi connectivity index (χ1) is 8.02. The number of hydrogen-bond donors (Lipinski definition) is 1. The van der Waals surface area contributed by atoms with E-state index in [4.69, 9.17) is 5.73 Å². The van der Waals surface area contributed by atoms with Crippen molar-refractivity contribution in [2.24, 2.45) is 5.73 Å². The molecule has 1 amide bonds. The minimum Gasteiger partial charge on any atom is -0.364 e. The Balaban J connectivity index is 2.74. The van der Waals surface area contributed by atoms with Gasteiger partial charge in [-0.1, -0.05) is 30.4 Å². The van der Waals surface area contributed by atoms with Gasteiger partial charge in [0.05, 0.1) is 6.33 Å². The first-order valence-electron chi connectivity index (χ1n) is 5.33. The molecule has 0 aromatic carbocycles. The van der Waals surface area contributed by atoms with Gasteiger partial charge in [-0.15, -0.1) is 0 Å². The van der Waals surface area contributed by atoms with E-state index in [9.17, 15) is 4.79 Å². The number of carbonyl (C=O) groups is 1. The zero-order valence-electron chi connectivity index (χ0n) is 10.2. The molecule has 0 radical (unpaired) electrons. The molecule has 1 aromatic rings. The smallest absolute Gasteiger partial charge is 0.268 e. The lowest BCUT2D eigenvalue weighted by molar-refractivity contribution is 0.0996. The summed E-state index contributed by atoms with van der Waals surface area (Å²) in [6.07, 6.45) is 9.18. The molecule has 0 spiro atoms. The summed E-state index contributed by atoms with van der Waals surface area (Å²) in [6.45, 7) is 8.35. The number of rotatable bonds is 5. The Hall–Kier alpha value is -2.10. The summed E-state index contributed by atoms with van der Waals surface area (Å²) >= 11 is 0. The van der Waals surface area contributed by atoms with E-state index in [1.807, 2.05) is 36.6 Å². The lowest BCUT2D eigenvalue weighted by Crippen LogP contribution is -2.11. The van der Waals surface area contributed by atoms with E-state index >= 15 is 0 Å². The number of imidazole rings is 1. The topological polar surface area (TPSA) is 60.9 Å². The molecule has 4 nitrogen and oxygen atoms in total. The fourth-order valence-electron chi connectivity index (χ4n) is 1.27. The van der Waals surface area contributed by atoms with Crippen LogP contribution in [0, 0.1) is 0 Å². The second-order valence-electron chi connectivity index (χ2n) is 3.84. The Kier molecular flexibility index (Phi) is 4.46. The van der Waals surface area contributed by atoms with Crippen LogP contribution < -0.4 is 5.73 Å². The Morgan fingerprint density at radius 2 is 2.29 bits per heavy atom. The number of aromatic nitrogens is 2. The van der Waals surface area contributed by atoms with E-state index in [1.54, 1.807) is 12.5 Å². The predicted octanol–water partition coefficient (Wildman–Crippen LogP) is 2.06. The highest BCUT2D eigenvalue weighted by Gasteiger charge is 2.04. The van der Waals surface area contributed by atoms with Crippen molar-refractivity contribution in [3.63, 3.8) is 0 Å². The minimum atomic E-state index is -0.511. The molecule has 0 bridgehead atoms. The van der Waals surface area contributed by atoms with Crippen molar-refractivity contribution in [3.05, 3.63) is 54.2 Å². The van der Waals surface area contributed by atoms with Crippen LogP contribution in [-0.2, 0) is 6.54 Å². The Bertz CT molecular complexity index is 481. The number of allylic oxidation sites excluding steroid dienone is 5. The third kappa shape index (κ3) is 4.10. The summed E-state index contributed by atoms with van der Waals surface area (Å²) in [5.74, 6) is -0.511. The third-order valence-electron chi connectivity index (χ3n) is 2.20. The van der Waals surface area contributed by atoms with E-state index < -0.39 is 5.91 Å². The molecular weight excluding hydrogens is 214 g/mol. The van der Waals surface area contributed by atoms with Gasteiger partial charge >= 0.3 is 0 Å². The summed E-state index contributed by atoms with van der Waals surface area (Å²) in [4.78, 5) is 14.8. The Morgan fingerprint density at radius 1 is 1.59 bits per heavy atom. The van der Waals surface area contributed by atoms with Crippen molar-refractivity contribution in [1.29, 1.82) is 0 Å². The predicted molar refractivity (Wildman–Crippen MR) is 68.5 cm³/mol. The molecule has 1 aromatic heterocycles. The maximum absolute atomic E-state index is 10.9. The quantitative estimate of drug-likeness (QED) is 0.788. The fraction of sp³-hybridized carbons (Fsp3) is 0.231. The Labute approximate surface area is 101 Å². The molecule has 0 aliphatic heterocycles. The van der Waals surface area contributed by atoms with Gasteiger partial charge in [-0.3, -0.25) is 4.79 Å². The van der Waals surface area contributed by atoms with E-state index in [2.05, 4.69) is 11.6 Å². The first kappa shape index (κ1) is 13.0. The molecule has 0 aliphatic rings. The molecule has 17 heavy (non-hydrogen) atoms. The molecule has 0 fully saturated rings. The molecular formula is C13H17N3O. The van der Waals surface area contributed by atoms with Crippen LogP contribution >= 0.6 is 0 Å². The van der Waals surface area contributed by atoms with Crippen molar-refractivity contribution in [2.75, 3.05) is 0 Å². The van der Waals surface area contributed by atoms with Crippen LogP contribution in [0.5, 0.6) is 0 Å². The molecule has 90 valence electrons. The summed E-state index contributed by atoms with van der Waals surface area (Å²) < 4.78 is 1.82. The van der Waals surface area contributed by atoms with Gasteiger partial charge in [-0.2, -0.15) is 0 Å². The lowest BCUT2D eigenvalue weighted by Gasteiger charge is -2.02. The zero-order valence-corrected chi connectivity index (χ0v) is 10.2. The number of nitrogens with zero attached hydrogens (tertiary/aromatic N) is 2. The highest BCUT2D eigenvalue weighted by molar-refractivity contribution is 5.90. The van der Waals surface area contributed by atoms with E-state index in [-0.39, 0.29) is 5.69 Å². The molecule has 0 unspecified atom stereocenters. The highest BCUT2D eigenvalue weighted by Crippen LogP contribution is 2.05. The highest BCUT2D eigenvalue weighted by atomic mass is 16.1. The van der Waals surface area contributed by atoms with Gasteiger partial charge in [0, 0.05) is 12.7 Å². The van der Waals surface area contributed by atoms with Crippen LogP contribution in [0.15, 0.2) is 48.5 Å². The van der Waals surface area contributed by atoms with Gasteiger partial charge in [-0.05, 0) is 19.4 Å². The standard InChI is InChI=1S/C13H17N3O/c1-4-11(6-5-10(2)3)7-16-8-12(13(14)17)15-9-16/h4-6,8-9H,2,7H2,1,3H3,(H2,14,17)/b6-5-,11-4+. The van der Waals surface area contributed by atoms with Gasteiger partial charge in [0.25, 0.3) is 5.91 Å². The van der Waals surface area contributed by atoms with Gasteiger partial charge < -0.3 is 10.3 Å². The van der Waals surface area contributed by atoms with Crippen LogP contribution in [0.3, 0.4) is 0 Å². The normalized spacial score (nSPS) is 12.0. The largest absolute Gasteiger partial charge is 0.364 e. The molecule has 0 atom stereocenters. The molecule has 1 rings (SSSR count). The maximum atomic E-state index is 10.9. The number of primary amides is 1. The number of carbonyl (C=O) groups excluding carboxylic acids is 1. The fourth-order valence-corrected chi connectivity index (χ4v) is 1.27. The summed E-state index contributed by atoms with van der Waals surface area (Å²) in [5.41, 5.74) is 7.52. The average Bonchev–Trinajstić information content (AvgIpc) is 2.72. The lowest BCUT2D eigenvalue weighted by atomic mass is 10.2. The van der Waals surface area contributed by atoms with Crippen LogP contribution in [0.1, 0.15) is 24.3 Å². The average molecular weight is 231 g/mol. The molecule has 4 heteroatoms. The van der Waals surface area contributed by atoms with Gasteiger partial charge in [-0.25, -0.2) is 4.98 Å². The molecule has 0 saturated heterocycles. The molecule has 0 aliphatic carbocycles. The third-order valence-corrected chi connectivity index (χ3v) is 2.20. The molecule has 0 saturated carbocycles. The van der Waals surface area contributed by atoms with Crippen LogP contribution in [0.25, 0.3) is 0 Å². The molecule has 1 heterocycles. The van der Waals surface area contributed by atoms with Crippen molar-refractivity contribution < 1.29 is 4.79 Å². The van der Waals surface area contributed by atoms with Crippen molar-refractivity contribution in [3.8, 4) is 0 Å². The second kappa shape index (κ2) is 5.84. The number of hydrogen-bond acceptors (Lipinski definition) is 2. The minimum absolute atomic E-state index is 0.282. The maximum Gasteiger partial charge on any atom is 0.268 e. The van der Waals surface area contributed by atoms with E-state index in [0.29, 0.717) is 6.54 Å². The van der Waals surface area contributed by atoms with Gasteiger partial charge in [0.2, 0.25) is 0 Å². The van der Waals surface area contributed by atoms with Crippen molar-refractivity contribution in [2.45, 2.75) is 20.4 Å². The van der Waals surface area contributed by atoms with Crippen LogP contribution in [-0.4, -0.2) is 15.5 Å². The number of amides is 1. The summed E-state index contributed by atoms with van der Waals surface area (Å²) in [6, 6.07) is 0. The van der Waals surface area contributed by atoms with Crippen LogP contribution in [0.4, 0.5) is 0 Å². The number of nitrogens with two attached hydrogens (primary N) is 1. The SMILES string of the molecule is C=C(C)/C=C\C(=C/C)Cn1cnc(C(N)=O)c1. The van der Waals surface area contributed by atoms with E-state index in [1.165, 1.54) is 0 Å². The van der Waals surface area contributed by atoms with E-state index in [0.717, 1.165) is 11.1 Å².